The molecule has 1 unspecified atom stereocenters. The van der Waals surface area contributed by atoms with E-state index in [4.69, 9.17) is 0 Å². The molecule has 20 heavy (non-hydrogen) atoms. The van der Waals surface area contributed by atoms with Crippen molar-refractivity contribution in [1.29, 1.82) is 0 Å². The average Bonchev–Trinajstić information content (AvgIpc) is 2.47. The van der Waals surface area contributed by atoms with Gasteiger partial charge in [0.15, 0.2) is 0 Å². The second-order valence-corrected chi connectivity index (χ2v) is 5.46. The summed E-state index contributed by atoms with van der Waals surface area (Å²) in [5.41, 5.74) is 1.28. The van der Waals surface area contributed by atoms with E-state index in [1.165, 1.54) is 17.8 Å². The van der Waals surface area contributed by atoms with E-state index in [0.717, 1.165) is 10.5 Å². The van der Waals surface area contributed by atoms with Crippen LogP contribution in [0.15, 0.2) is 58.3 Å². The van der Waals surface area contributed by atoms with E-state index in [1.807, 2.05) is 37.4 Å². The van der Waals surface area contributed by atoms with Crippen LogP contribution in [0, 0.1) is 10.1 Å². The molecule has 0 aliphatic carbocycles. The fourth-order valence-corrected chi connectivity index (χ4v) is 3.04. The van der Waals surface area contributed by atoms with Gasteiger partial charge in [0, 0.05) is 17.0 Å². The highest BCUT2D eigenvalue weighted by Gasteiger charge is 2.16. The average molecular weight is 288 g/mol. The van der Waals surface area contributed by atoms with Crippen molar-refractivity contribution in [2.75, 3.05) is 7.05 Å². The topological polar surface area (TPSA) is 55.2 Å². The molecular formula is C15H16N2O2S. The molecule has 4 nitrogen and oxygen atoms in total. The van der Waals surface area contributed by atoms with Crippen molar-refractivity contribution in [3.05, 3.63) is 64.2 Å². The third-order valence-corrected chi connectivity index (χ3v) is 4.26. The van der Waals surface area contributed by atoms with Crippen molar-refractivity contribution in [3.63, 3.8) is 0 Å². The number of para-hydroxylation sites is 1. The van der Waals surface area contributed by atoms with Crippen LogP contribution in [0.25, 0.3) is 0 Å². The van der Waals surface area contributed by atoms with Crippen molar-refractivity contribution in [2.24, 2.45) is 0 Å². The predicted molar refractivity (Wildman–Crippen MR) is 81.1 cm³/mol. The first-order valence-corrected chi connectivity index (χ1v) is 7.12. The Balaban J connectivity index is 2.38. The molecule has 0 radical (unpaired) electrons. The number of nitrogens with zero attached hydrogens (tertiary/aromatic N) is 1. The Morgan fingerprint density at radius 3 is 2.35 bits per heavy atom. The minimum Gasteiger partial charge on any atom is -0.313 e. The molecule has 0 saturated heterocycles. The van der Waals surface area contributed by atoms with Gasteiger partial charge in [0.25, 0.3) is 5.69 Å². The molecule has 104 valence electrons. The number of benzene rings is 2. The van der Waals surface area contributed by atoms with E-state index in [9.17, 15) is 10.1 Å². The van der Waals surface area contributed by atoms with Crippen LogP contribution in [0.5, 0.6) is 0 Å². The SMILES string of the molecule is CNC(C)c1ccccc1Sc1ccccc1[N+](=O)[O-]. The fraction of sp³-hybridized carbons (Fsp3) is 0.200. The van der Waals surface area contributed by atoms with Gasteiger partial charge in [0.2, 0.25) is 0 Å². The van der Waals surface area contributed by atoms with Crippen molar-refractivity contribution >= 4 is 17.4 Å². The van der Waals surface area contributed by atoms with Gasteiger partial charge in [-0.2, -0.15) is 0 Å². The number of nitro groups is 1. The number of nitrogens with one attached hydrogen (secondary N) is 1. The normalized spacial score (nSPS) is 12.1. The molecule has 1 atom stereocenters. The monoisotopic (exact) mass is 288 g/mol. The molecule has 0 fully saturated rings. The largest absolute Gasteiger partial charge is 0.313 e. The zero-order valence-corrected chi connectivity index (χ0v) is 12.2. The molecule has 2 aromatic rings. The Kier molecular flexibility index (Phi) is 4.76. The lowest BCUT2D eigenvalue weighted by molar-refractivity contribution is -0.387. The highest BCUT2D eigenvalue weighted by Crippen LogP contribution is 2.37. The molecule has 5 heteroatoms. The third kappa shape index (κ3) is 3.18. The van der Waals surface area contributed by atoms with Crippen LogP contribution in [0.3, 0.4) is 0 Å². The Labute approximate surface area is 122 Å². The summed E-state index contributed by atoms with van der Waals surface area (Å²) in [6.07, 6.45) is 0. The van der Waals surface area contributed by atoms with Crippen molar-refractivity contribution < 1.29 is 4.92 Å². The Morgan fingerprint density at radius 1 is 1.10 bits per heavy atom. The molecule has 0 bridgehead atoms. The van der Waals surface area contributed by atoms with Gasteiger partial charge in [-0.05, 0) is 31.7 Å². The van der Waals surface area contributed by atoms with Crippen LogP contribution in [-0.2, 0) is 0 Å². The van der Waals surface area contributed by atoms with E-state index in [0.29, 0.717) is 4.90 Å². The van der Waals surface area contributed by atoms with E-state index in [1.54, 1.807) is 12.1 Å². The van der Waals surface area contributed by atoms with Crippen LogP contribution in [0.4, 0.5) is 5.69 Å². The summed E-state index contributed by atoms with van der Waals surface area (Å²) in [5.74, 6) is 0. The first-order valence-electron chi connectivity index (χ1n) is 6.31. The molecule has 0 saturated carbocycles. The molecule has 0 heterocycles. The summed E-state index contributed by atoms with van der Waals surface area (Å²) in [4.78, 5) is 12.4. The molecule has 1 N–H and O–H groups in total. The maximum absolute atomic E-state index is 11.1. The maximum atomic E-state index is 11.1. The maximum Gasteiger partial charge on any atom is 0.283 e. The minimum atomic E-state index is -0.341. The number of rotatable bonds is 5. The van der Waals surface area contributed by atoms with Crippen LogP contribution in [-0.4, -0.2) is 12.0 Å². The molecule has 0 aliphatic heterocycles. The molecule has 0 aliphatic rings. The molecule has 0 aromatic heterocycles. The van der Waals surface area contributed by atoms with Gasteiger partial charge in [0.05, 0.1) is 9.82 Å². The lowest BCUT2D eigenvalue weighted by Gasteiger charge is -2.15. The highest BCUT2D eigenvalue weighted by atomic mass is 32.2. The molecule has 2 aromatic carbocycles. The van der Waals surface area contributed by atoms with Gasteiger partial charge in [-0.25, -0.2) is 0 Å². The smallest absolute Gasteiger partial charge is 0.283 e. The van der Waals surface area contributed by atoms with Crippen LogP contribution < -0.4 is 5.32 Å². The summed E-state index contributed by atoms with van der Waals surface area (Å²) in [7, 11) is 1.90. The highest BCUT2D eigenvalue weighted by molar-refractivity contribution is 7.99. The molecular weight excluding hydrogens is 272 g/mol. The summed E-state index contributed by atoms with van der Waals surface area (Å²) < 4.78 is 0. The summed E-state index contributed by atoms with van der Waals surface area (Å²) in [6.45, 7) is 2.07. The number of nitro benzene ring substituents is 1. The molecule has 0 amide bonds. The Hall–Kier alpha value is -1.85. The van der Waals surface area contributed by atoms with E-state index in [2.05, 4.69) is 12.2 Å². The van der Waals surface area contributed by atoms with Crippen molar-refractivity contribution in [3.8, 4) is 0 Å². The summed E-state index contributed by atoms with van der Waals surface area (Å²) in [6, 6.07) is 15.0. The predicted octanol–water partition coefficient (Wildman–Crippen LogP) is 4.03. The molecule has 0 spiro atoms. The lowest BCUT2D eigenvalue weighted by Crippen LogP contribution is -2.13. The van der Waals surface area contributed by atoms with E-state index < -0.39 is 0 Å². The van der Waals surface area contributed by atoms with Crippen LogP contribution >= 0.6 is 11.8 Å². The number of hydrogen-bond acceptors (Lipinski definition) is 4. The Bertz CT molecular complexity index is 616. The van der Waals surface area contributed by atoms with E-state index in [-0.39, 0.29) is 16.7 Å². The second-order valence-electron chi connectivity index (χ2n) is 4.38. The zero-order valence-electron chi connectivity index (χ0n) is 11.4. The van der Waals surface area contributed by atoms with Crippen molar-refractivity contribution in [1.82, 2.24) is 5.32 Å². The Morgan fingerprint density at radius 2 is 1.70 bits per heavy atom. The van der Waals surface area contributed by atoms with Crippen LogP contribution in [0.1, 0.15) is 18.5 Å². The first kappa shape index (κ1) is 14.6. The van der Waals surface area contributed by atoms with Gasteiger partial charge in [-0.1, -0.05) is 42.1 Å². The third-order valence-electron chi connectivity index (χ3n) is 3.10. The van der Waals surface area contributed by atoms with Crippen molar-refractivity contribution in [2.45, 2.75) is 22.8 Å². The second kappa shape index (κ2) is 6.54. The lowest BCUT2D eigenvalue weighted by atomic mass is 10.1. The quantitative estimate of drug-likeness (QED) is 0.666. The van der Waals surface area contributed by atoms with Gasteiger partial charge in [-0.15, -0.1) is 0 Å². The number of hydrogen-bond donors (Lipinski definition) is 1. The minimum absolute atomic E-state index is 0.143. The zero-order chi connectivity index (χ0) is 14.5. The van der Waals surface area contributed by atoms with Gasteiger partial charge >= 0.3 is 0 Å². The molecule has 2 rings (SSSR count). The standard InChI is InChI=1S/C15H16N2O2S/c1-11(16-2)12-7-3-5-9-14(12)20-15-10-6-4-8-13(15)17(18)19/h3-11,16H,1-2H3. The van der Waals surface area contributed by atoms with E-state index >= 15 is 0 Å². The first-order chi connectivity index (χ1) is 9.63. The van der Waals surface area contributed by atoms with Gasteiger partial charge in [0.1, 0.15) is 0 Å². The van der Waals surface area contributed by atoms with Crippen LogP contribution in [0.2, 0.25) is 0 Å². The summed E-state index contributed by atoms with van der Waals surface area (Å²) in [5, 5.41) is 14.3. The van der Waals surface area contributed by atoms with Gasteiger partial charge in [-0.3, -0.25) is 10.1 Å². The fourth-order valence-electron chi connectivity index (χ4n) is 1.90. The summed E-state index contributed by atoms with van der Waals surface area (Å²) >= 11 is 1.43. The van der Waals surface area contributed by atoms with Gasteiger partial charge < -0.3 is 5.32 Å².